The monoisotopic (exact) mass is 466 g/mol. The highest BCUT2D eigenvalue weighted by molar-refractivity contribution is 7.98. The third-order valence-corrected chi connectivity index (χ3v) is 8.42. The fourth-order valence-electron chi connectivity index (χ4n) is 4.18. The van der Waals surface area contributed by atoms with Crippen molar-refractivity contribution in [2.24, 2.45) is 0 Å². The molecule has 0 saturated carbocycles. The van der Waals surface area contributed by atoms with Crippen molar-refractivity contribution in [2.45, 2.75) is 49.8 Å². The fraction of sp³-hybridized carbons (Fsp3) is 0.364. The Morgan fingerprint density at radius 2 is 2.09 bits per heavy atom. The summed E-state index contributed by atoms with van der Waals surface area (Å²) in [5.74, 6) is 2.32. The number of aromatic nitrogens is 6. The number of thioether (sulfide) groups is 1. The lowest BCUT2D eigenvalue weighted by Crippen LogP contribution is -2.33. The summed E-state index contributed by atoms with van der Waals surface area (Å²) in [5.41, 5.74) is 3.19. The zero-order valence-electron chi connectivity index (χ0n) is 18.0. The maximum atomic E-state index is 6.22. The topological polar surface area (TPSA) is 78.8 Å². The predicted molar refractivity (Wildman–Crippen MR) is 125 cm³/mol. The lowest BCUT2D eigenvalue weighted by atomic mass is 9.90. The van der Waals surface area contributed by atoms with Crippen molar-refractivity contribution in [1.29, 1.82) is 0 Å². The molecule has 1 atom stereocenters. The van der Waals surface area contributed by atoms with Crippen molar-refractivity contribution < 1.29 is 9.47 Å². The molecule has 0 saturated heterocycles. The maximum absolute atomic E-state index is 6.22. The lowest BCUT2D eigenvalue weighted by molar-refractivity contribution is -0.0542. The Balaban J connectivity index is 1.49. The normalized spacial score (nSPS) is 18.6. The summed E-state index contributed by atoms with van der Waals surface area (Å²) < 4.78 is 15.4. The minimum absolute atomic E-state index is 0.161. The van der Waals surface area contributed by atoms with Crippen LogP contribution in [0, 0.1) is 0 Å². The molecule has 1 aromatic carbocycles. The number of rotatable bonds is 5. The molecular weight excluding hydrogens is 444 g/mol. The highest BCUT2D eigenvalue weighted by Crippen LogP contribution is 2.42. The Kier molecular flexibility index (Phi) is 4.63. The van der Waals surface area contributed by atoms with Crippen LogP contribution < -0.4 is 4.74 Å². The number of methoxy groups -OCH3 is 1. The molecule has 8 nitrogen and oxygen atoms in total. The average molecular weight is 467 g/mol. The molecule has 164 valence electrons. The van der Waals surface area contributed by atoms with E-state index >= 15 is 0 Å². The molecule has 10 heteroatoms. The largest absolute Gasteiger partial charge is 0.497 e. The van der Waals surface area contributed by atoms with Gasteiger partial charge in [-0.3, -0.25) is 0 Å². The van der Waals surface area contributed by atoms with Crippen molar-refractivity contribution >= 4 is 44.7 Å². The molecule has 0 amide bonds. The van der Waals surface area contributed by atoms with Crippen molar-refractivity contribution in [3.63, 3.8) is 0 Å². The zero-order chi connectivity index (χ0) is 21.9. The van der Waals surface area contributed by atoms with E-state index in [0.717, 1.165) is 45.4 Å². The molecule has 1 aliphatic heterocycles. The molecule has 5 aromatic rings. The van der Waals surface area contributed by atoms with Gasteiger partial charge >= 0.3 is 0 Å². The number of thiophene rings is 1. The number of nitrogens with zero attached hydrogens (tertiary/aromatic N) is 6. The van der Waals surface area contributed by atoms with Crippen molar-refractivity contribution in [2.75, 3.05) is 7.11 Å². The predicted octanol–water partition coefficient (Wildman–Crippen LogP) is 4.53. The highest BCUT2D eigenvalue weighted by Gasteiger charge is 2.34. The molecule has 1 aliphatic rings. The van der Waals surface area contributed by atoms with Gasteiger partial charge in [0.05, 0.1) is 24.7 Å². The molecule has 4 aromatic heterocycles. The molecule has 0 N–H and O–H groups in total. The summed E-state index contributed by atoms with van der Waals surface area (Å²) in [6.45, 7) is 4.99. The SMILES string of the molecule is CCC1(C)Cc2c(sc3c2c2ncnn2c2nnc(SCc4ccc(OC)cc4)n32)CO1. The van der Waals surface area contributed by atoms with Gasteiger partial charge in [0, 0.05) is 17.1 Å². The molecular formula is C22H22N6O2S2. The van der Waals surface area contributed by atoms with Gasteiger partial charge in [0.25, 0.3) is 5.78 Å². The van der Waals surface area contributed by atoms with Gasteiger partial charge in [0.15, 0.2) is 10.8 Å². The number of ether oxygens (including phenoxy) is 2. The van der Waals surface area contributed by atoms with Crippen LogP contribution in [0.15, 0.2) is 35.7 Å². The van der Waals surface area contributed by atoms with Crippen LogP contribution in [0.25, 0.3) is 21.6 Å². The number of hydrogen-bond acceptors (Lipinski definition) is 8. The van der Waals surface area contributed by atoms with E-state index in [1.807, 2.05) is 12.1 Å². The van der Waals surface area contributed by atoms with E-state index in [1.165, 1.54) is 16.0 Å². The van der Waals surface area contributed by atoms with E-state index < -0.39 is 0 Å². The van der Waals surface area contributed by atoms with Crippen molar-refractivity contribution in [3.8, 4) is 5.75 Å². The van der Waals surface area contributed by atoms with E-state index in [4.69, 9.17) is 9.47 Å². The molecule has 0 fully saturated rings. The summed E-state index contributed by atoms with van der Waals surface area (Å²) >= 11 is 3.41. The fourth-order valence-corrected chi connectivity index (χ4v) is 6.35. The molecule has 0 aliphatic carbocycles. The van der Waals surface area contributed by atoms with E-state index in [2.05, 4.69) is 50.7 Å². The average Bonchev–Trinajstić information content (AvgIpc) is 3.54. The Hall–Kier alpha value is -2.69. The summed E-state index contributed by atoms with van der Waals surface area (Å²) in [4.78, 5) is 6.95. The van der Waals surface area contributed by atoms with Crippen LogP contribution in [0.2, 0.25) is 0 Å². The Morgan fingerprint density at radius 3 is 2.88 bits per heavy atom. The first-order valence-corrected chi connectivity index (χ1v) is 12.3. The number of benzene rings is 1. The molecule has 0 bridgehead atoms. The van der Waals surface area contributed by atoms with Crippen molar-refractivity contribution in [1.82, 2.24) is 29.2 Å². The molecule has 5 heterocycles. The van der Waals surface area contributed by atoms with E-state index in [1.54, 1.807) is 41.1 Å². The van der Waals surface area contributed by atoms with Gasteiger partial charge in [-0.05, 0) is 36.6 Å². The summed E-state index contributed by atoms with van der Waals surface area (Å²) in [6, 6.07) is 8.11. The van der Waals surface area contributed by atoms with Crippen LogP contribution in [0.5, 0.6) is 5.75 Å². The minimum Gasteiger partial charge on any atom is -0.497 e. The van der Waals surface area contributed by atoms with E-state index in [-0.39, 0.29) is 5.60 Å². The Labute approximate surface area is 192 Å². The first-order valence-electron chi connectivity index (χ1n) is 10.5. The van der Waals surface area contributed by atoms with Gasteiger partial charge in [0.2, 0.25) is 0 Å². The van der Waals surface area contributed by atoms with Crippen LogP contribution in [0.4, 0.5) is 0 Å². The second kappa shape index (κ2) is 7.43. The Bertz CT molecular complexity index is 1450. The zero-order valence-corrected chi connectivity index (χ0v) is 19.7. The van der Waals surface area contributed by atoms with Crippen molar-refractivity contribution in [3.05, 3.63) is 46.6 Å². The minimum atomic E-state index is -0.161. The van der Waals surface area contributed by atoms with Crippen LogP contribution in [0.3, 0.4) is 0 Å². The second-order valence-electron chi connectivity index (χ2n) is 8.20. The molecule has 32 heavy (non-hydrogen) atoms. The summed E-state index contributed by atoms with van der Waals surface area (Å²) in [7, 11) is 1.68. The second-order valence-corrected chi connectivity index (χ2v) is 10.2. The van der Waals surface area contributed by atoms with E-state index in [9.17, 15) is 0 Å². The lowest BCUT2D eigenvalue weighted by Gasteiger charge is -2.32. The van der Waals surface area contributed by atoms with Crippen LogP contribution in [0.1, 0.15) is 36.3 Å². The quantitative estimate of drug-likeness (QED) is 0.352. The maximum Gasteiger partial charge on any atom is 0.260 e. The number of fused-ring (bicyclic) bond motifs is 8. The first-order chi connectivity index (χ1) is 15.6. The van der Waals surface area contributed by atoms with Crippen LogP contribution >= 0.6 is 23.1 Å². The number of hydrogen-bond donors (Lipinski definition) is 0. The van der Waals surface area contributed by atoms with Gasteiger partial charge in [-0.1, -0.05) is 30.8 Å². The van der Waals surface area contributed by atoms with Gasteiger partial charge in [0.1, 0.15) is 16.9 Å². The molecule has 6 rings (SSSR count). The smallest absolute Gasteiger partial charge is 0.260 e. The standard InChI is InChI=1S/C22H22N6O2S2/c1-4-22(2)9-15-16(10-30-22)32-19-17(15)18-23-12-24-28(18)20-25-26-21(27(19)20)31-11-13-5-7-14(29-3)8-6-13/h5-8,12H,4,9-11H2,1-3H3. The Morgan fingerprint density at radius 1 is 1.25 bits per heavy atom. The molecule has 0 spiro atoms. The third kappa shape index (κ3) is 3.01. The van der Waals surface area contributed by atoms with E-state index in [0.29, 0.717) is 12.4 Å². The van der Waals surface area contributed by atoms with Gasteiger partial charge in [-0.25, -0.2) is 9.38 Å². The van der Waals surface area contributed by atoms with Crippen LogP contribution in [-0.2, 0) is 23.5 Å². The summed E-state index contributed by atoms with van der Waals surface area (Å²) in [6.07, 6.45) is 3.42. The third-order valence-electron chi connectivity index (χ3n) is 6.23. The van der Waals surface area contributed by atoms with Crippen LogP contribution in [-0.4, -0.2) is 41.9 Å². The molecule has 1 unspecified atom stereocenters. The van der Waals surface area contributed by atoms with Gasteiger partial charge < -0.3 is 9.47 Å². The summed E-state index contributed by atoms with van der Waals surface area (Å²) in [5, 5.41) is 15.4. The highest BCUT2D eigenvalue weighted by atomic mass is 32.2. The molecule has 0 radical (unpaired) electrons. The first kappa shape index (κ1) is 20.0. The van der Waals surface area contributed by atoms with Gasteiger partial charge in [-0.15, -0.1) is 21.5 Å². The van der Waals surface area contributed by atoms with Gasteiger partial charge in [-0.2, -0.15) is 9.61 Å².